The molecule has 6 nitrogen and oxygen atoms in total. The summed E-state index contributed by atoms with van der Waals surface area (Å²) in [5.74, 6) is 0.0500. The number of sulfonamides is 1. The predicted molar refractivity (Wildman–Crippen MR) is 104 cm³/mol. The Morgan fingerprint density at radius 1 is 1.12 bits per heavy atom. The van der Waals surface area contributed by atoms with Crippen LogP contribution in [-0.2, 0) is 10.0 Å². The third-order valence-corrected chi connectivity index (χ3v) is 6.04. The fraction of sp³-hybridized carbons (Fsp3) is 0.125. The van der Waals surface area contributed by atoms with Crippen LogP contribution in [0.4, 0.5) is 11.5 Å². The number of rotatable bonds is 4. The van der Waals surface area contributed by atoms with Gasteiger partial charge in [-0.2, -0.15) is 0 Å². The Kier molecular flexibility index (Phi) is 4.86. The van der Waals surface area contributed by atoms with E-state index >= 15 is 0 Å². The lowest BCUT2D eigenvalue weighted by Crippen LogP contribution is -2.15. The van der Waals surface area contributed by atoms with Crippen molar-refractivity contribution < 1.29 is 8.42 Å². The van der Waals surface area contributed by atoms with Gasteiger partial charge in [0.15, 0.2) is 11.0 Å². The van der Waals surface area contributed by atoms with Crippen LogP contribution in [0.5, 0.6) is 0 Å². The molecule has 1 N–H and O–H groups in total. The molecule has 0 atom stereocenters. The summed E-state index contributed by atoms with van der Waals surface area (Å²) in [6.07, 6.45) is 1.30. The Balaban J connectivity index is 2.11. The normalized spacial score (nSPS) is 11.5. The van der Waals surface area contributed by atoms with E-state index in [4.69, 9.17) is 11.6 Å². The molecular formula is C16H14BrClN4O2S. The lowest BCUT2D eigenvalue weighted by atomic mass is 10.1. The van der Waals surface area contributed by atoms with Crippen molar-refractivity contribution in [1.29, 1.82) is 0 Å². The molecular weight excluding hydrogens is 428 g/mol. The van der Waals surface area contributed by atoms with Gasteiger partial charge in [-0.05, 0) is 28.1 Å². The fourth-order valence-corrected chi connectivity index (χ4v) is 4.02. The van der Waals surface area contributed by atoms with Crippen molar-refractivity contribution in [2.24, 2.45) is 0 Å². The molecule has 1 heterocycles. The van der Waals surface area contributed by atoms with Gasteiger partial charge in [0.2, 0.25) is 0 Å². The van der Waals surface area contributed by atoms with E-state index in [9.17, 15) is 8.42 Å². The SMILES string of the molecule is CN(C)c1cccc2c(S(=O)(=O)Nc3cnc(Br)c(Cl)n3)cccc12. The summed E-state index contributed by atoms with van der Waals surface area (Å²) in [5, 5.41) is 1.54. The molecule has 3 rings (SSSR count). The van der Waals surface area contributed by atoms with E-state index < -0.39 is 10.0 Å². The number of nitrogens with zero attached hydrogens (tertiary/aromatic N) is 3. The van der Waals surface area contributed by atoms with E-state index in [0.29, 0.717) is 9.99 Å². The van der Waals surface area contributed by atoms with Crippen molar-refractivity contribution in [3.63, 3.8) is 0 Å². The van der Waals surface area contributed by atoms with Crippen molar-refractivity contribution in [3.05, 3.63) is 52.4 Å². The number of halogens is 2. The zero-order valence-corrected chi connectivity index (χ0v) is 16.5. The van der Waals surface area contributed by atoms with Crippen LogP contribution < -0.4 is 9.62 Å². The number of aromatic nitrogens is 2. The first-order valence-corrected chi connectivity index (χ1v) is 9.85. The van der Waals surface area contributed by atoms with Gasteiger partial charge in [0.05, 0.1) is 11.1 Å². The van der Waals surface area contributed by atoms with Gasteiger partial charge in [0.25, 0.3) is 10.0 Å². The van der Waals surface area contributed by atoms with E-state index in [1.807, 2.05) is 37.2 Å². The highest BCUT2D eigenvalue weighted by Crippen LogP contribution is 2.31. The minimum absolute atomic E-state index is 0.0500. The second kappa shape index (κ2) is 6.78. The van der Waals surface area contributed by atoms with E-state index in [0.717, 1.165) is 11.1 Å². The molecule has 0 unspecified atom stereocenters. The molecule has 0 fully saturated rings. The average Bonchev–Trinajstić information content (AvgIpc) is 2.56. The smallest absolute Gasteiger partial charge is 0.263 e. The molecule has 9 heteroatoms. The minimum Gasteiger partial charge on any atom is -0.377 e. The van der Waals surface area contributed by atoms with Crippen molar-refractivity contribution in [1.82, 2.24) is 9.97 Å². The van der Waals surface area contributed by atoms with Gasteiger partial charge in [0, 0.05) is 30.6 Å². The minimum atomic E-state index is -3.86. The molecule has 0 bridgehead atoms. The first-order valence-electron chi connectivity index (χ1n) is 7.19. The van der Waals surface area contributed by atoms with Crippen molar-refractivity contribution >= 4 is 59.8 Å². The zero-order valence-electron chi connectivity index (χ0n) is 13.4. The van der Waals surface area contributed by atoms with E-state index in [1.165, 1.54) is 6.20 Å². The summed E-state index contributed by atoms with van der Waals surface area (Å²) in [5.41, 5.74) is 0.932. The summed E-state index contributed by atoms with van der Waals surface area (Å²) in [6, 6.07) is 10.7. The molecule has 3 aromatic rings. The highest BCUT2D eigenvalue weighted by Gasteiger charge is 2.19. The van der Waals surface area contributed by atoms with Crippen LogP contribution >= 0.6 is 27.5 Å². The zero-order chi connectivity index (χ0) is 18.2. The number of anilines is 2. The number of hydrogen-bond acceptors (Lipinski definition) is 5. The van der Waals surface area contributed by atoms with E-state index in [2.05, 4.69) is 30.6 Å². The van der Waals surface area contributed by atoms with E-state index in [1.54, 1.807) is 18.2 Å². The number of nitrogens with one attached hydrogen (secondary N) is 1. The molecule has 1 aromatic heterocycles. The molecule has 0 radical (unpaired) electrons. The van der Waals surface area contributed by atoms with E-state index in [-0.39, 0.29) is 15.9 Å². The van der Waals surface area contributed by atoms with Gasteiger partial charge in [-0.3, -0.25) is 4.72 Å². The van der Waals surface area contributed by atoms with Gasteiger partial charge in [-0.15, -0.1) is 0 Å². The largest absolute Gasteiger partial charge is 0.377 e. The number of fused-ring (bicyclic) bond motifs is 1. The number of hydrogen-bond donors (Lipinski definition) is 1. The first-order chi connectivity index (χ1) is 11.8. The second-order valence-corrected chi connectivity index (χ2v) is 8.23. The quantitative estimate of drug-likeness (QED) is 0.664. The fourth-order valence-electron chi connectivity index (χ4n) is 2.48. The molecule has 25 heavy (non-hydrogen) atoms. The molecule has 0 aliphatic rings. The van der Waals surface area contributed by atoms with Crippen LogP contribution in [0.2, 0.25) is 5.15 Å². The summed E-state index contributed by atoms with van der Waals surface area (Å²) in [6.45, 7) is 0. The Morgan fingerprint density at radius 3 is 2.48 bits per heavy atom. The maximum Gasteiger partial charge on any atom is 0.263 e. The monoisotopic (exact) mass is 440 g/mol. The highest BCUT2D eigenvalue weighted by atomic mass is 79.9. The molecule has 0 aliphatic carbocycles. The Labute approximate surface area is 159 Å². The van der Waals surface area contributed by atoms with Crippen molar-refractivity contribution in [3.8, 4) is 0 Å². The summed E-state index contributed by atoms with van der Waals surface area (Å²) < 4.78 is 28.5. The molecule has 0 spiro atoms. The third kappa shape index (κ3) is 3.56. The summed E-state index contributed by atoms with van der Waals surface area (Å²) >= 11 is 9.00. The Hall–Kier alpha value is -1.90. The van der Waals surface area contributed by atoms with Crippen LogP contribution in [0.15, 0.2) is 52.1 Å². The second-order valence-electron chi connectivity index (χ2n) is 5.47. The van der Waals surface area contributed by atoms with Crippen LogP contribution in [0.3, 0.4) is 0 Å². The Bertz CT molecular complexity index is 1060. The van der Waals surface area contributed by atoms with Crippen LogP contribution in [0.1, 0.15) is 0 Å². The maximum atomic E-state index is 12.8. The Morgan fingerprint density at radius 2 is 1.80 bits per heavy atom. The highest BCUT2D eigenvalue weighted by molar-refractivity contribution is 9.10. The lowest BCUT2D eigenvalue weighted by molar-refractivity contribution is 0.602. The van der Waals surface area contributed by atoms with Crippen LogP contribution in [0, 0.1) is 0 Å². The molecule has 0 saturated carbocycles. The standard InChI is InChI=1S/C16H14BrClN4O2S/c1-22(2)12-7-3-6-11-10(12)5-4-8-13(11)25(23,24)21-14-9-19-15(17)16(18)20-14/h3-9H,1-2H3,(H,20,21). The predicted octanol–water partition coefficient (Wildman–Crippen LogP) is 3.91. The summed E-state index contributed by atoms with van der Waals surface area (Å²) in [7, 11) is -0.0363. The van der Waals surface area contributed by atoms with Gasteiger partial charge >= 0.3 is 0 Å². The van der Waals surface area contributed by atoms with Crippen LogP contribution in [0.25, 0.3) is 10.8 Å². The number of benzene rings is 2. The molecule has 0 aliphatic heterocycles. The maximum absolute atomic E-state index is 12.8. The molecule has 0 amide bonds. The van der Waals surface area contributed by atoms with Gasteiger partial charge < -0.3 is 4.90 Å². The summed E-state index contributed by atoms with van der Waals surface area (Å²) in [4.78, 5) is 10.0. The molecule has 130 valence electrons. The van der Waals surface area contributed by atoms with Crippen molar-refractivity contribution in [2.75, 3.05) is 23.7 Å². The molecule has 2 aromatic carbocycles. The first kappa shape index (κ1) is 17.9. The third-order valence-electron chi connectivity index (χ3n) is 3.56. The van der Waals surface area contributed by atoms with Crippen molar-refractivity contribution in [2.45, 2.75) is 4.90 Å². The van der Waals surface area contributed by atoms with Crippen LogP contribution in [-0.4, -0.2) is 32.5 Å². The van der Waals surface area contributed by atoms with Gasteiger partial charge in [-0.1, -0.05) is 35.9 Å². The van der Waals surface area contributed by atoms with Gasteiger partial charge in [-0.25, -0.2) is 18.4 Å². The molecule has 0 saturated heterocycles. The topological polar surface area (TPSA) is 75.2 Å². The average molecular weight is 442 g/mol. The van der Waals surface area contributed by atoms with Gasteiger partial charge in [0.1, 0.15) is 4.60 Å². The lowest BCUT2D eigenvalue weighted by Gasteiger charge is -2.17.